The molecule has 3 heterocycles. The van der Waals surface area contributed by atoms with E-state index in [0.29, 0.717) is 18.7 Å². The van der Waals surface area contributed by atoms with Gasteiger partial charge in [-0.2, -0.15) is 0 Å². The first kappa shape index (κ1) is 29.9. The highest BCUT2D eigenvalue weighted by Crippen LogP contribution is 2.55. The monoisotopic (exact) mass is 602 g/mol. The van der Waals surface area contributed by atoms with Crippen LogP contribution in [0.2, 0.25) is 0 Å². The van der Waals surface area contributed by atoms with Gasteiger partial charge in [0.15, 0.2) is 0 Å². The highest BCUT2D eigenvalue weighted by Gasteiger charge is 2.72. The van der Waals surface area contributed by atoms with Crippen LogP contribution in [0, 0.1) is 11.8 Å². The fourth-order valence-electron chi connectivity index (χ4n) is 7.45. The minimum Gasteiger partial charge on any atom is -0.359 e. The van der Waals surface area contributed by atoms with Gasteiger partial charge in [0.2, 0.25) is 17.7 Å². The molecule has 3 unspecified atom stereocenters. The maximum Gasteiger partial charge on any atom is 0.246 e. The summed E-state index contributed by atoms with van der Waals surface area (Å²) in [5.74, 6) is -2.02. The van der Waals surface area contributed by atoms with E-state index in [-0.39, 0.29) is 23.8 Å². The van der Waals surface area contributed by atoms with Crippen molar-refractivity contribution in [1.82, 2.24) is 15.1 Å². The zero-order valence-corrected chi connectivity index (χ0v) is 25.9. The molecule has 2 aromatic carbocycles. The molecule has 5 atom stereocenters. The molecule has 0 radical (unpaired) electrons. The van der Waals surface area contributed by atoms with Gasteiger partial charge in [-0.1, -0.05) is 67.8 Å². The Morgan fingerprint density at radius 2 is 1.86 bits per heavy atom. The van der Waals surface area contributed by atoms with Crippen LogP contribution in [-0.2, 0) is 25.7 Å². The van der Waals surface area contributed by atoms with Gasteiger partial charge in [-0.25, -0.2) is 0 Å². The SMILES string of the molecule is CSc1cccc(NC(=O)C2[C@H]3C=CC4(O3)C(C(=O)NC3CCCCC3)N(CCCN(C)Cc3ccccc3)C(=O)[C@@H]24)c1. The Morgan fingerprint density at radius 1 is 1.07 bits per heavy atom. The number of anilines is 1. The average Bonchev–Trinajstić information content (AvgIpc) is 3.65. The summed E-state index contributed by atoms with van der Waals surface area (Å²) in [6.07, 6.45) is 11.2. The average molecular weight is 603 g/mol. The van der Waals surface area contributed by atoms with E-state index in [9.17, 15) is 14.4 Å². The zero-order chi connectivity index (χ0) is 30.0. The summed E-state index contributed by atoms with van der Waals surface area (Å²) in [6, 6.07) is 17.3. The van der Waals surface area contributed by atoms with Crippen LogP contribution >= 0.6 is 11.8 Å². The number of benzene rings is 2. The van der Waals surface area contributed by atoms with Crippen molar-refractivity contribution >= 4 is 35.2 Å². The third-order valence-corrected chi connectivity index (χ3v) is 10.2. The number of amides is 3. The molecule has 1 saturated carbocycles. The number of rotatable bonds is 11. The molecule has 43 heavy (non-hydrogen) atoms. The van der Waals surface area contributed by atoms with Crippen molar-refractivity contribution in [2.75, 3.05) is 31.7 Å². The Labute approximate surface area is 258 Å². The zero-order valence-electron chi connectivity index (χ0n) is 25.0. The molecule has 3 fully saturated rings. The molecule has 2 N–H and O–H groups in total. The fraction of sp³-hybridized carbons (Fsp3) is 0.500. The molecule has 3 aliphatic heterocycles. The molecule has 228 valence electrons. The van der Waals surface area contributed by atoms with Crippen LogP contribution in [0.1, 0.15) is 44.1 Å². The summed E-state index contributed by atoms with van der Waals surface area (Å²) >= 11 is 1.60. The lowest BCUT2D eigenvalue weighted by atomic mass is 9.74. The van der Waals surface area contributed by atoms with Crippen molar-refractivity contribution in [3.05, 3.63) is 72.3 Å². The van der Waals surface area contributed by atoms with Gasteiger partial charge >= 0.3 is 0 Å². The van der Waals surface area contributed by atoms with Crippen molar-refractivity contribution in [2.24, 2.45) is 11.8 Å². The van der Waals surface area contributed by atoms with E-state index in [4.69, 9.17) is 4.74 Å². The van der Waals surface area contributed by atoms with Gasteiger partial charge < -0.3 is 25.2 Å². The minimum atomic E-state index is -1.14. The molecule has 1 spiro atoms. The lowest BCUT2D eigenvalue weighted by molar-refractivity contribution is -0.141. The molecule has 3 amide bonds. The van der Waals surface area contributed by atoms with Gasteiger partial charge in [-0.15, -0.1) is 11.8 Å². The third kappa shape index (κ3) is 5.99. The standard InChI is InChI=1S/C34H42N4O4S/c1-37(22-23-11-5-3-6-12-23)19-10-20-38-30(32(40)35-24-13-7-4-8-14-24)34-18-17-27(42-34)28(29(34)33(38)41)31(39)36-25-15-9-16-26(21-25)43-2/h3,5-6,9,11-12,15-18,21,24,27-30H,4,7-8,10,13-14,19-20,22H2,1-2H3,(H,35,40)(H,36,39)/t27-,28?,29-,30?,34?/m1/s1. The molecular formula is C34H42N4O4S. The van der Waals surface area contributed by atoms with Crippen molar-refractivity contribution in [2.45, 2.75) is 73.8 Å². The molecule has 6 rings (SSSR count). The number of hydrogen-bond donors (Lipinski definition) is 2. The second-order valence-electron chi connectivity index (χ2n) is 12.4. The summed E-state index contributed by atoms with van der Waals surface area (Å²) in [4.78, 5) is 47.0. The molecule has 1 aliphatic carbocycles. The van der Waals surface area contributed by atoms with Gasteiger partial charge in [0.1, 0.15) is 11.6 Å². The van der Waals surface area contributed by atoms with E-state index in [0.717, 1.165) is 43.7 Å². The number of fused-ring (bicyclic) bond motifs is 1. The molecule has 2 saturated heterocycles. The number of likely N-dealkylation sites (tertiary alicyclic amines) is 1. The maximum absolute atomic E-state index is 14.2. The van der Waals surface area contributed by atoms with E-state index in [1.807, 2.05) is 60.9 Å². The van der Waals surface area contributed by atoms with Crippen LogP contribution in [0.15, 0.2) is 71.6 Å². The first-order valence-corrected chi connectivity index (χ1v) is 16.8. The maximum atomic E-state index is 14.2. The molecule has 2 aromatic rings. The summed E-state index contributed by atoms with van der Waals surface area (Å²) in [5.41, 5.74) is 0.778. The summed E-state index contributed by atoms with van der Waals surface area (Å²) in [5, 5.41) is 6.31. The molecule has 9 heteroatoms. The summed E-state index contributed by atoms with van der Waals surface area (Å²) < 4.78 is 6.52. The van der Waals surface area contributed by atoms with Crippen LogP contribution in [-0.4, -0.2) is 77.7 Å². The highest BCUT2D eigenvalue weighted by atomic mass is 32.2. The van der Waals surface area contributed by atoms with Gasteiger partial charge in [0.05, 0.1) is 17.9 Å². The second-order valence-corrected chi connectivity index (χ2v) is 13.3. The van der Waals surface area contributed by atoms with Gasteiger partial charge in [0, 0.05) is 29.7 Å². The number of hydrogen-bond acceptors (Lipinski definition) is 6. The first-order chi connectivity index (χ1) is 20.9. The second kappa shape index (κ2) is 12.8. The molecule has 2 bridgehead atoms. The first-order valence-electron chi connectivity index (χ1n) is 15.5. The third-order valence-electron chi connectivity index (χ3n) is 9.45. The largest absolute Gasteiger partial charge is 0.359 e. The normalized spacial score (nSPS) is 28.0. The van der Waals surface area contributed by atoms with E-state index < -0.39 is 29.6 Å². The van der Waals surface area contributed by atoms with Crippen LogP contribution in [0.4, 0.5) is 5.69 Å². The Morgan fingerprint density at radius 3 is 2.63 bits per heavy atom. The molecule has 4 aliphatic rings. The molecular weight excluding hydrogens is 560 g/mol. The van der Waals surface area contributed by atoms with Crippen LogP contribution in [0.3, 0.4) is 0 Å². The van der Waals surface area contributed by atoms with Crippen molar-refractivity contribution in [3.8, 4) is 0 Å². The van der Waals surface area contributed by atoms with E-state index >= 15 is 0 Å². The number of carbonyl (C=O) groups is 3. The Hall–Kier alpha value is -3.14. The summed E-state index contributed by atoms with van der Waals surface area (Å²) in [7, 11) is 2.07. The lowest BCUT2D eigenvalue weighted by Gasteiger charge is -2.34. The Bertz CT molecular complexity index is 1360. The van der Waals surface area contributed by atoms with E-state index in [1.165, 1.54) is 12.0 Å². The van der Waals surface area contributed by atoms with E-state index in [1.54, 1.807) is 16.7 Å². The highest BCUT2D eigenvalue weighted by molar-refractivity contribution is 7.98. The lowest BCUT2D eigenvalue weighted by Crippen LogP contribution is -2.56. The van der Waals surface area contributed by atoms with Crippen molar-refractivity contribution in [3.63, 3.8) is 0 Å². The van der Waals surface area contributed by atoms with Crippen LogP contribution < -0.4 is 10.6 Å². The van der Waals surface area contributed by atoms with Gasteiger partial charge in [-0.3, -0.25) is 14.4 Å². The number of carbonyl (C=O) groups excluding carboxylic acids is 3. The smallest absolute Gasteiger partial charge is 0.246 e. The predicted molar refractivity (Wildman–Crippen MR) is 168 cm³/mol. The number of nitrogens with one attached hydrogen (secondary N) is 2. The summed E-state index contributed by atoms with van der Waals surface area (Å²) in [6.45, 7) is 1.99. The molecule has 0 aromatic heterocycles. The van der Waals surface area contributed by atoms with E-state index in [2.05, 4.69) is 34.7 Å². The van der Waals surface area contributed by atoms with Crippen LogP contribution in [0.5, 0.6) is 0 Å². The number of ether oxygens (including phenoxy) is 1. The number of thioether (sulfide) groups is 1. The van der Waals surface area contributed by atoms with Gasteiger partial charge in [0.25, 0.3) is 0 Å². The quantitative estimate of drug-likeness (QED) is 0.292. The van der Waals surface area contributed by atoms with Crippen molar-refractivity contribution in [1.29, 1.82) is 0 Å². The Kier molecular flexibility index (Phi) is 8.93. The predicted octanol–water partition coefficient (Wildman–Crippen LogP) is 4.47. The number of nitrogens with zero attached hydrogens (tertiary/aromatic N) is 2. The van der Waals surface area contributed by atoms with Gasteiger partial charge in [-0.05, 0) is 62.9 Å². The minimum absolute atomic E-state index is 0.107. The Balaban J connectivity index is 1.21. The molecule has 8 nitrogen and oxygen atoms in total. The van der Waals surface area contributed by atoms with Crippen LogP contribution in [0.25, 0.3) is 0 Å². The fourth-order valence-corrected chi connectivity index (χ4v) is 7.91. The topological polar surface area (TPSA) is 91.0 Å². The van der Waals surface area contributed by atoms with Crippen molar-refractivity contribution < 1.29 is 19.1 Å².